The van der Waals surface area contributed by atoms with Gasteiger partial charge in [-0.2, -0.15) is 5.10 Å². The van der Waals surface area contributed by atoms with Gasteiger partial charge in [-0.15, -0.1) is 0 Å². The van der Waals surface area contributed by atoms with Crippen molar-refractivity contribution in [1.82, 2.24) is 9.78 Å². The summed E-state index contributed by atoms with van der Waals surface area (Å²) in [6.07, 6.45) is 0. The fourth-order valence-electron chi connectivity index (χ4n) is 2.86. The number of halogens is 1. The van der Waals surface area contributed by atoms with Gasteiger partial charge in [0.1, 0.15) is 10.1 Å². The van der Waals surface area contributed by atoms with Gasteiger partial charge in [0.2, 0.25) is 0 Å². The first kappa shape index (κ1) is 15.7. The number of nitrogens with one attached hydrogen (secondary N) is 3. The van der Waals surface area contributed by atoms with Gasteiger partial charge in [0.15, 0.2) is 0 Å². The zero-order chi connectivity index (χ0) is 16.6. The molecule has 0 saturated heterocycles. The van der Waals surface area contributed by atoms with Gasteiger partial charge in [0, 0.05) is 61.8 Å². The van der Waals surface area contributed by atoms with E-state index in [-0.39, 0.29) is 0 Å². The Labute approximate surface area is 144 Å². The highest BCUT2D eigenvalue weighted by Gasteiger charge is 2.17. The molecule has 0 amide bonds. The lowest BCUT2D eigenvalue weighted by atomic mass is 9.98. The first-order chi connectivity index (χ1) is 11.1. The molecule has 3 rings (SSSR count). The van der Waals surface area contributed by atoms with Gasteiger partial charge in [-0.1, -0.05) is 12.1 Å². The Kier molecular flexibility index (Phi) is 4.17. The van der Waals surface area contributed by atoms with Crippen molar-refractivity contribution < 1.29 is 0 Å². The average molecular weight is 374 g/mol. The second kappa shape index (κ2) is 6.12. The van der Waals surface area contributed by atoms with Crippen molar-refractivity contribution in [2.24, 2.45) is 7.05 Å². The molecule has 120 valence electrons. The molecule has 3 aromatic rings. The van der Waals surface area contributed by atoms with Crippen molar-refractivity contribution in [1.29, 1.82) is 0 Å². The van der Waals surface area contributed by atoms with Gasteiger partial charge in [-0.05, 0) is 34.1 Å². The third kappa shape index (κ3) is 2.53. The largest absolute Gasteiger partial charge is 0.388 e. The Morgan fingerprint density at radius 3 is 2.22 bits per heavy atom. The van der Waals surface area contributed by atoms with Gasteiger partial charge >= 0.3 is 0 Å². The maximum atomic E-state index is 4.68. The van der Waals surface area contributed by atoms with Crippen LogP contribution in [0.1, 0.15) is 0 Å². The van der Waals surface area contributed by atoms with Crippen molar-refractivity contribution in [2.75, 3.05) is 37.1 Å². The molecule has 23 heavy (non-hydrogen) atoms. The molecule has 0 aliphatic rings. The Morgan fingerprint density at radius 1 is 1.00 bits per heavy atom. The van der Waals surface area contributed by atoms with Gasteiger partial charge in [-0.3, -0.25) is 4.68 Å². The monoisotopic (exact) mass is 373 g/mol. The predicted octanol–water partition coefficient (Wildman–Crippen LogP) is 4.13. The van der Waals surface area contributed by atoms with Gasteiger partial charge in [0.05, 0.1) is 0 Å². The molecule has 1 heterocycles. The van der Waals surface area contributed by atoms with Crippen LogP contribution >= 0.6 is 15.9 Å². The molecular formula is C17H20BrN5. The van der Waals surface area contributed by atoms with Crippen LogP contribution < -0.4 is 16.0 Å². The number of fused-ring (bicyclic) bond motifs is 1. The second-order valence-electron chi connectivity index (χ2n) is 5.31. The first-order valence-electron chi connectivity index (χ1n) is 7.43. The lowest BCUT2D eigenvalue weighted by Gasteiger charge is -2.17. The molecule has 0 aliphatic heterocycles. The number of rotatable bonds is 4. The fraction of sp³-hybridized carbons (Fsp3) is 0.235. The molecule has 5 nitrogen and oxygen atoms in total. The SMILES string of the molecule is CNc1cc(NC)c(-c2cccc3c(Br)n(C)nc23)c(NC)c1. The van der Waals surface area contributed by atoms with Gasteiger partial charge in [-0.25, -0.2) is 0 Å². The topological polar surface area (TPSA) is 53.9 Å². The van der Waals surface area contributed by atoms with E-state index in [1.807, 2.05) is 32.9 Å². The maximum absolute atomic E-state index is 4.68. The van der Waals surface area contributed by atoms with Crippen molar-refractivity contribution in [2.45, 2.75) is 0 Å². The molecule has 2 aromatic carbocycles. The molecule has 0 spiro atoms. The molecule has 0 radical (unpaired) electrons. The molecule has 0 saturated carbocycles. The van der Waals surface area contributed by atoms with Crippen molar-refractivity contribution in [3.05, 3.63) is 34.9 Å². The summed E-state index contributed by atoms with van der Waals surface area (Å²) in [7, 11) is 7.73. The Bertz CT molecular complexity index is 844. The van der Waals surface area contributed by atoms with Crippen LogP contribution in [-0.4, -0.2) is 30.9 Å². The van der Waals surface area contributed by atoms with E-state index in [0.717, 1.165) is 43.7 Å². The van der Waals surface area contributed by atoms with E-state index in [2.05, 4.69) is 67.3 Å². The van der Waals surface area contributed by atoms with Crippen LogP contribution in [0.5, 0.6) is 0 Å². The highest BCUT2D eigenvalue weighted by Crippen LogP contribution is 2.41. The zero-order valence-corrected chi connectivity index (χ0v) is 15.2. The van der Waals surface area contributed by atoms with Gasteiger partial charge in [0.25, 0.3) is 0 Å². The maximum Gasteiger partial charge on any atom is 0.111 e. The van der Waals surface area contributed by atoms with Crippen LogP contribution in [0, 0.1) is 0 Å². The van der Waals surface area contributed by atoms with E-state index in [9.17, 15) is 0 Å². The van der Waals surface area contributed by atoms with Crippen molar-refractivity contribution in [3.63, 3.8) is 0 Å². The Morgan fingerprint density at radius 2 is 1.65 bits per heavy atom. The lowest BCUT2D eigenvalue weighted by Crippen LogP contribution is -2.01. The summed E-state index contributed by atoms with van der Waals surface area (Å²) in [5.41, 5.74) is 6.35. The number of aryl methyl sites for hydroxylation is 1. The summed E-state index contributed by atoms with van der Waals surface area (Å²) >= 11 is 3.61. The normalized spacial score (nSPS) is 10.8. The van der Waals surface area contributed by atoms with Crippen LogP contribution in [0.3, 0.4) is 0 Å². The molecule has 0 atom stereocenters. The highest BCUT2D eigenvalue weighted by molar-refractivity contribution is 9.10. The number of hydrogen-bond donors (Lipinski definition) is 3. The summed E-state index contributed by atoms with van der Waals surface area (Å²) in [6, 6.07) is 10.5. The Hall–Kier alpha value is -2.21. The summed E-state index contributed by atoms with van der Waals surface area (Å²) in [5.74, 6) is 0. The zero-order valence-electron chi connectivity index (χ0n) is 13.7. The summed E-state index contributed by atoms with van der Waals surface area (Å²) in [6.45, 7) is 0. The first-order valence-corrected chi connectivity index (χ1v) is 8.23. The van der Waals surface area contributed by atoms with Crippen molar-refractivity contribution in [3.8, 4) is 11.1 Å². The third-order valence-electron chi connectivity index (χ3n) is 4.03. The molecular weight excluding hydrogens is 354 g/mol. The lowest BCUT2D eigenvalue weighted by molar-refractivity contribution is 0.761. The molecule has 0 fully saturated rings. The van der Waals surface area contributed by atoms with E-state index >= 15 is 0 Å². The van der Waals surface area contributed by atoms with E-state index in [0.29, 0.717) is 0 Å². The van der Waals surface area contributed by atoms with E-state index in [4.69, 9.17) is 0 Å². The number of hydrogen-bond acceptors (Lipinski definition) is 4. The minimum absolute atomic E-state index is 0.979. The van der Waals surface area contributed by atoms with Gasteiger partial charge < -0.3 is 16.0 Å². The molecule has 0 bridgehead atoms. The summed E-state index contributed by atoms with van der Waals surface area (Å²) < 4.78 is 2.84. The molecule has 3 N–H and O–H groups in total. The summed E-state index contributed by atoms with van der Waals surface area (Å²) in [5, 5.41) is 15.6. The standard InChI is InChI=1S/C17H20BrN5/c1-19-10-8-13(20-2)15(14(9-10)21-3)11-6-5-7-12-16(11)22-23(4)17(12)18/h5-9,19-21H,1-4H3. The Balaban J connectivity index is 2.36. The average Bonchev–Trinajstić information content (AvgIpc) is 2.88. The van der Waals surface area contributed by atoms with Crippen LogP contribution in [-0.2, 0) is 7.05 Å². The quantitative estimate of drug-likeness (QED) is 0.643. The van der Waals surface area contributed by atoms with Crippen LogP contribution in [0.25, 0.3) is 22.0 Å². The minimum Gasteiger partial charge on any atom is -0.388 e. The molecule has 1 aromatic heterocycles. The smallest absolute Gasteiger partial charge is 0.111 e. The van der Waals surface area contributed by atoms with E-state index in [1.54, 1.807) is 0 Å². The van der Waals surface area contributed by atoms with Crippen LogP contribution in [0.15, 0.2) is 34.9 Å². The molecule has 0 unspecified atom stereocenters. The number of benzene rings is 2. The predicted molar refractivity (Wildman–Crippen MR) is 102 cm³/mol. The number of anilines is 3. The molecule has 0 aliphatic carbocycles. The van der Waals surface area contributed by atoms with Crippen LogP contribution in [0.2, 0.25) is 0 Å². The van der Waals surface area contributed by atoms with Crippen LogP contribution in [0.4, 0.5) is 17.1 Å². The fourth-order valence-corrected chi connectivity index (χ4v) is 3.26. The summed E-state index contributed by atoms with van der Waals surface area (Å²) in [4.78, 5) is 0. The number of aromatic nitrogens is 2. The minimum atomic E-state index is 0.979. The van der Waals surface area contributed by atoms with E-state index < -0.39 is 0 Å². The van der Waals surface area contributed by atoms with E-state index in [1.165, 1.54) is 0 Å². The third-order valence-corrected chi connectivity index (χ3v) is 4.97. The second-order valence-corrected chi connectivity index (χ2v) is 6.06. The highest BCUT2D eigenvalue weighted by atomic mass is 79.9. The molecule has 6 heteroatoms. The number of nitrogens with zero attached hydrogens (tertiary/aromatic N) is 2. The van der Waals surface area contributed by atoms with Crippen molar-refractivity contribution >= 4 is 43.9 Å².